The second kappa shape index (κ2) is 6.71. The number of alkyl halides is 3. The number of nitrogens with zero attached hydrogens (tertiary/aromatic N) is 2. The van der Waals surface area contributed by atoms with Crippen LogP contribution >= 0.6 is 11.3 Å². The predicted octanol–water partition coefficient (Wildman–Crippen LogP) is 5.10. The third-order valence-electron chi connectivity index (χ3n) is 3.91. The molecule has 0 saturated carbocycles. The Hall–Kier alpha value is -3.27. The van der Waals surface area contributed by atoms with Crippen molar-refractivity contribution in [1.82, 2.24) is 15.0 Å². The number of thiazole rings is 1. The van der Waals surface area contributed by atoms with Gasteiger partial charge >= 0.3 is 6.18 Å². The fourth-order valence-corrected chi connectivity index (χ4v) is 3.22. The molecule has 28 heavy (non-hydrogen) atoms. The first kappa shape index (κ1) is 18.1. The van der Waals surface area contributed by atoms with E-state index < -0.39 is 23.5 Å². The minimum atomic E-state index is -4.69. The number of rotatable bonds is 3. The zero-order chi connectivity index (χ0) is 19.9. The lowest BCUT2D eigenvalue weighted by atomic mass is 10.1. The Morgan fingerprint density at radius 3 is 2.71 bits per heavy atom. The molecule has 0 bridgehead atoms. The van der Waals surface area contributed by atoms with Gasteiger partial charge in [-0.15, -0.1) is 11.3 Å². The number of fused-ring (bicyclic) bond motifs is 1. The molecule has 5 nitrogen and oxygen atoms in total. The van der Waals surface area contributed by atoms with Crippen LogP contribution in [0.1, 0.15) is 15.9 Å². The summed E-state index contributed by atoms with van der Waals surface area (Å²) in [5.74, 6) is -1.48. The second-order valence-corrected chi connectivity index (χ2v) is 6.70. The maximum absolute atomic E-state index is 13.7. The lowest BCUT2D eigenvalue weighted by Crippen LogP contribution is -2.12. The molecule has 4 rings (SSSR count). The van der Waals surface area contributed by atoms with Crippen molar-refractivity contribution in [2.24, 2.45) is 0 Å². The first-order chi connectivity index (χ1) is 13.3. The molecule has 0 atom stereocenters. The van der Waals surface area contributed by atoms with Gasteiger partial charge in [-0.2, -0.15) is 13.2 Å². The number of hydrogen-bond acceptors (Lipinski definition) is 4. The molecule has 0 saturated heterocycles. The molecule has 0 spiro atoms. The van der Waals surface area contributed by atoms with Crippen LogP contribution < -0.4 is 5.32 Å². The molecule has 2 N–H and O–H groups in total. The summed E-state index contributed by atoms with van der Waals surface area (Å²) in [6, 6.07) is 6.92. The molecule has 1 amide bonds. The van der Waals surface area contributed by atoms with Crippen molar-refractivity contribution >= 4 is 33.4 Å². The van der Waals surface area contributed by atoms with Gasteiger partial charge in [0.1, 0.15) is 17.2 Å². The lowest BCUT2D eigenvalue weighted by Gasteiger charge is -2.08. The van der Waals surface area contributed by atoms with Crippen LogP contribution in [0.25, 0.3) is 22.4 Å². The van der Waals surface area contributed by atoms with E-state index in [1.54, 1.807) is 17.5 Å². The fraction of sp³-hybridized carbons (Fsp3) is 0.0556. The standard InChI is InChI=1S/C18H10F4N4OS/c19-11-7-9(6-10(8-11)18(20,21)22)15-24-13-3-1-2-12(14(13)25-15)16(27)26-17-23-4-5-28-17/h1-8H,(H,24,25)(H,23,26,27). The van der Waals surface area contributed by atoms with Crippen molar-refractivity contribution in [2.75, 3.05) is 5.32 Å². The van der Waals surface area contributed by atoms with E-state index in [0.717, 1.165) is 12.1 Å². The van der Waals surface area contributed by atoms with E-state index in [4.69, 9.17) is 0 Å². The Bertz CT molecular complexity index is 1170. The number of H-pyrrole nitrogens is 1. The molecule has 0 fully saturated rings. The highest BCUT2D eigenvalue weighted by Gasteiger charge is 2.31. The number of halogens is 4. The summed E-state index contributed by atoms with van der Waals surface area (Å²) in [6.07, 6.45) is -3.16. The Morgan fingerprint density at radius 2 is 2.00 bits per heavy atom. The van der Waals surface area contributed by atoms with Crippen LogP contribution in [0.5, 0.6) is 0 Å². The van der Waals surface area contributed by atoms with Gasteiger partial charge in [-0.1, -0.05) is 6.07 Å². The van der Waals surface area contributed by atoms with Crippen LogP contribution in [0.4, 0.5) is 22.7 Å². The zero-order valence-electron chi connectivity index (χ0n) is 13.8. The van der Waals surface area contributed by atoms with Crippen LogP contribution in [0.15, 0.2) is 48.0 Å². The van der Waals surface area contributed by atoms with E-state index in [1.807, 2.05) is 0 Å². The van der Waals surface area contributed by atoms with Gasteiger partial charge in [0, 0.05) is 17.1 Å². The van der Waals surface area contributed by atoms with E-state index in [0.29, 0.717) is 16.7 Å². The largest absolute Gasteiger partial charge is 0.416 e. The van der Waals surface area contributed by atoms with Gasteiger partial charge in [0.25, 0.3) is 5.91 Å². The number of nitrogens with one attached hydrogen (secondary N) is 2. The quantitative estimate of drug-likeness (QED) is 0.465. The minimum absolute atomic E-state index is 0.0227. The number of amides is 1. The molecule has 10 heteroatoms. The zero-order valence-corrected chi connectivity index (χ0v) is 14.7. The predicted molar refractivity (Wildman–Crippen MR) is 96.6 cm³/mol. The smallest absolute Gasteiger partial charge is 0.338 e. The van der Waals surface area contributed by atoms with Crippen LogP contribution in [-0.2, 0) is 6.18 Å². The average molecular weight is 406 g/mol. The van der Waals surface area contributed by atoms with E-state index in [1.165, 1.54) is 23.6 Å². The van der Waals surface area contributed by atoms with Crippen molar-refractivity contribution in [2.45, 2.75) is 6.18 Å². The monoisotopic (exact) mass is 406 g/mol. The first-order valence-electron chi connectivity index (χ1n) is 7.89. The molecule has 0 radical (unpaired) electrons. The number of hydrogen-bond donors (Lipinski definition) is 2. The summed E-state index contributed by atoms with van der Waals surface area (Å²) in [5, 5.41) is 4.72. The summed E-state index contributed by atoms with van der Waals surface area (Å²) < 4.78 is 52.6. The van der Waals surface area contributed by atoms with Crippen molar-refractivity contribution in [3.05, 3.63) is 64.9 Å². The minimum Gasteiger partial charge on any atom is -0.338 e. The highest BCUT2D eigenvalue weighted by molar-refractivity contribution is 7.13. The molecule has 4 aromatic rings. The van der Waals surface area contributed by atoms with E-state index >= 15 is 0 Å². The molecular formula is C18H10F4N4OS. The lowest BCUT2D eigenvalue weighted by molar-refractivity contribution is -0.137. The highest BCUT2D eigenvalue weighted by Crippen LogP contribution is 2.33. The number of benzene rings is 2. The van der Waals surface area contributed by atoms with Gasteiger partial charge in [-0.3, -0.25) is 10.1 Å². The normalized spacial score (nSPS) is 11.7. The molecule has 0 unspecified atom stereocenters. The third kappa shape index (κ3) is 3.46. The average Bonchev–Trinajstić information content (AvgIpc) is 3.29. The van der Waals surface area contributed by atoms with Crippen LogP contribution in [-0.4, -0.2) is 20.9 Å². The maximum Gasteiger partial charge on any atom is 0.416 e. The molecule has 2 aromatic heterocycles. The number of imidazole rings is 1. The first-order valence-corrected chi connectivity index (χ1v) is 8.77. The fourth-order valence-electron chi connectivity index (χ4n) is 2.69. The summed E-state index contributed by atoms with van der Waals surface area (Å²) >= 11 is 1.24. The van der Waals surface area contributed by atoms with E-state index in [-0.39, 0.29) is 22.5 Å². The topological polar surface area (TPSA) is 70.7 Å². The van der Waals surface area contributed by atoms with Gasteiger partial charge < -0.3 is 4.98 Å². The van der Waals surface area contributed by atoms with Crippen molar-refractivity contribution in [3.8, 4) is 11.4 Å². The molecule has 0 aliphatic rings. The second-order valence-electron chi connectivity index (χ2n) is 5.80. The van der Waals surface area contributed by atoms with Gasteiger partial charge in [-0.05, 0) is 30.3 Å². The van der Waals surface area contributed by atoms with Crippen LogP contribution in [0.3, 0.4) is 0 Å². The highest BCUT2D eigenvalue weighted by atomic mass is 32.1. The van der Waals surface area contributed by atoms with Crippen LogP contribution in [0.2, 0.25) is 0 Å². The summed E-state index contributed by atoms with van der Waals surface area (Å²) in [4.78, 5) is 23.5. The summed E-state index contributed by atoms with van der Waals surface area (Å²) in [6.45, 7) is 0. The maximum atomic E-state index is 13.7. The van der Waals surface area contributed by atoms with Gasteiger partial charge in [0.15, 0.2) is 5.13 Å². The van der Waals surface area contributed by atoms with E-state index in [9.17, 15) is 22.4 Å². The van der Waals surface area contributed by atoms with Crippen molar-refractivity contribution in [1.29, 1.82) is 0 Å². The molecule has 2 aromatic carbocycles. The molecular weight excluding hydrogens is 396 g/mol. The number of carbonyl (C=O) groups is 1. The van der Waals surface area contributed by atoms with E-state index in [2.05, 4.69) is 20.3 Å². The molecule has 0 aliphatic carbocycles. The van der Waals surface area contributed by atoms with Gasteiger partial charge in [0.2, 0.25) is 0 Å². The summed E-state index contributed by atoms with van der Waals surface area (Å²) in [5.41, 5.74) is -0.300. The van der Waals surface area contributed by atoms with Crippen LogP contribution in [0, 0.1) is 5.82 Å². The SMILES string of the molecule is O=C(Nc1nccs1)c1cccc2[nH]c(-c3cc(F)cc(C(F)(F)F)c3)nc12. The molecule has 142 valence electrons. The Kier molecular flexibility index (Phi) is 4.34. The Labute approximate surface area is 159 Å². The van der Waals surface area contributed by atoms with Crippen molar-refractivity contribution in [3.63, 3.8) is 0 Å². The number of para-hydroxylation sites is 1. The third-order valence-corrected chi connectivity index (χ3v) is 4.60. The number of aromatic amines is 1. The number of aromatic nitrogens is 3. The molecule has 0 aliphatic heterocycles. The molecule has 2 heterocycles. The number of anilines is 1. The summed E-state index contributed by atoms with van der Waals surface area (Å²) in [7, 11) is 0. The Morgan fingerprint density at radius 1 is 1.18 bits per heavy atom. The Balaban J connectivity index is 1.77. The van der Waals surface area contributed by atoms with Crippen molar-refractivity contribution < 1.29 is 22.4 Å². The number of carbonyl (C=O) groups excluding carboxylic acids is 1. The van der Waals surface area contributed by atoms with Gasteiger partial charge in [-0.25, -0.2) is 14.4 Å². The van der Waals surface area contributed by atoms with Gasteiger partial charge in [0.05, 0.1) is 16.6 Å².